The van der Waals surface area contributed by atoms with Crippen molar-refractivity contribution in [3.63, 3.8) is 0 Å². The number of nitrogens with zero attached hydrogens (tertiary/aromatic N) is 7. The summed E-state index contributed by atoms with van der Waals surface area (Å²) in [5.74, 6) is -0.0907. The topological polar surface area (TPSA) is 160 Å². The fourth-order valence-electron chi connectivity index (χ4n) is 5.28. The molecule has 250 valence electrons. The number of carboxylic acids is 1. The Kier molecular flexibility index (Phi) is 11.0. The molecule has 47 heavy (non-hydrogen) atoms. The number of ether oxygens (including phenoxy) is 2. The van der Waals surface area contributed by atoms with Crippen LogP contribution in [0.15, 0.2) is 66.1 Å². The number of aliphatic hydroxyl groups is 1. The number of rotatable bonds is 16. The summed E-state index contributed by atoms with van der Waals surface area (Å²) in [5.41, 5.74) is 1.35. The van der Waals surface area contributed by atoms with Crippen LogP contribution in [0.4, 0.5) is 17.3 Å². The van der Waals surface area contributed by atoms with Crippen LogP contribution in [0.25, 0.3) is 16.9 Å². The van der Waals surface area contributed by atoms with Crippen LogP contribution in [0.2, 0.25) is 0 Å². The largest absolute Gasteiger partial charge is 0.481 e. The highest BCUT2D eigenvalue weighted by atomic mass is 16.5. The van der Waals surface area contributed by atoms with Gasteiger partial charge in [0.25, 0.3) is 5.56 Å². The van der Waals surface area contributed by atoms with Gasteiger partial charge in [-0.3, -0.25) is 14.5 Å². The van der Waals surface area contributed by atoms with E-state index in [0.717, 1.165) is 44.1 Å². The van der Waals surface area contributed by atoms with Crippen molar-refractivity contribution in [2.75, 3.05) is 69.4 Å². The maximum absolute atomic E-state index is 13.3. The Bertz CT molecular complexity index is 1720. The zero-order valence-electron chi connectivity index (χ0n) is 26.8. The van der Waals surface area contributed by atoms with Gasteiger partial charge in [0.05, 0.1) is 45.1 Å². The van der Waals surface area contributed by atoms with Crippen molar-refractivity contribution in [1.82, 2.24) is 29.2 Å². The first kappa shape index (κ1) is 33.7. The van der Waals surface area contributed by atoms with E-state index in [1.165, 1.54) is 10.9 Å². The van der Waals surface area contributed by atoms with E-state index in [9.17, 15) is 14.7 Å². The van der Waals surface area contributed by atoms with Crippen molar-refractivity contribution in [3.05, 3.63) is 77.4 Å². The summed E-state index contributed by atoms with van der Waals surface area (Å²) in [6.07, 6.45) is 3.15. The molecule has 0 atom stereocenters. The van der Waals surface area contributed by atoms with Crippen molar-refractivity contribution in [2.24, 2.45) is 0 Å². The van der Waals surface area contributed by atoms with Gasteiger partial charge >= 0.3 is 5.97 Å². The fourth-order valence-corrected chi connectivity index (χ4v) is 5.28. The first-order chi connectivity index (χ1) is 22.6. The van der Waals surface area contributed by atoms with Gasteiger partial charge in [0.2, 0.25) is 5.95 Å². The van der Waals surface area contributed by atoms with E-state index in [2.05, 4.69) is 43.8 Å². The Labute approximate surface area is 272 Å². The fraction of sp³-hybridized carbons (Fsp3) is 0.424. The molecule has 14 nitrogen and oxygen atoms in total. The van der Waals surface area contributed by atoms with Crippen molar-refractivity contribution in [1.29, 1.82) is 0 Å². The number of carbonyl (C=O) groups is 1. The van der Waals surface area contributed by atoms with Crippen molar-refractivity contribution >= 4 is 34.3 Å². The SMILES string of the molecule is C=CCn1c(=O)c2cnc(Nc3ccc(N4CCN(CCOCCOCCC(=O)O)CC4)cc3)nc2n1-c1cccc(C(C)(C)O)n1. The Morgan fingerprint density at radius 1 is 1.02 bits per heavy atom. The van der Waals surface area contributed by atoms with Gasteiger partial charge in [0.1, 0.15) is 11.0 Å². The summed E-state index contributed by atoms with van der Waals surface area (Å²) < 4.78 is 14.0. The first-order valence-corrected chi connectivity index (χ1v) is 15.7. The predicted octanol–water partition coefficient (Wildman–Crippen LogP) is 2.76. The Hall–Kier alpha value is -4.63. The minimum Gasteiger partial charge on any atom is -0.481 e. The molecule has 1 fully saturated rings. The molecule has 0 radical (unpaired) electrons. The molecule has 4 aromatic rings. The molecule has 0 unspecified atom stereocenters. The van der Waals surface area contributed by atoms with Gasteiger partial charge in [-0.2, -0.15) is 4.98 Å². The van der Waals surface area contributed by atoms with Crippen molar-refractivity contribution in [3.8, 4) is 5.82 Å². The zero-order chi connectivity index (χ0) is 33.4. The second-order valence-electron chi connectivity index (χ2n) is 11.7. The van der Waals surface area contributed by atoms with E-state index >= 15 is 0 Å². The van der Waals surface area contributed by atoms with Crippen molar-refractivity contribution < 1.29 is 24.5 Å². The summed E-state index contributed by atoms with van der Waals surface area (Å²) in [6, 6.07) is 13.4. The van der Waals surface area contributed by atoms with Gasteiger partial charge in [-0.15, -0.1) is 6.58 Å². The van der Waals surface area contributed by atoms with Crippen LogP contribution >= 0.6 is 0 Å². The minimum absolute atomic E-state index is 0.00429. The number of anilines is 3. The van der Waals surface area contributed by atoms with Crippen LogP contribution in [-0.2, 0) is 26.4 Å². The van der Waals surface area contributed by atoms with Crippen LogP contribution in [-0.4, -0.2) is 105 Å². The number of pyridine rings is 1. The summed E-state index contributed by atoms with van der Waals surface area (Å²) in [6.45, 7) is 13.5. The number of benzene rings is 1. The average molecular weight is 647 g/mol. The van der Waals surface area contributed by atoms with Crippen LogP contribution < -0.4 is 15.8 Å². The van der Waals surface area contributed by atoms with Gasteiger partial charge in [-0.1, -0.05) is 12.1 Å². The van der Waals surface area contributed by atoms with E-state index in [1.807, 2.05) is 12.1 Å². The minimum atomic E-state index is -1.16. The van der Waals surface area contributed by atoms with Crippen molar-refractivity contribution in [2.45, 2.75) is 32.4 Å². The third-order valence-corrected chi connectivity index (χ3v) is 7.80. The van der Waals surface area contributed by atoms with E-state index in [4.69, 9.17) is 19.6 Å². The lowest BCUT2D eigenvalue weighted by Gasteiger charge is -2.36. The Morgan fingerprint density at radius 2 is 1.74 bits per heavy atom. The van der Waals surface area contributed by atoms with Gasteiger partial charge in [-0.05, 0) is 50.2 Å². The third-order valence-electron chi connectivity index (χ3n) is 7.80. The normalized spacial score (nSPS) is 14.1. The van der Waals surface area contributed by atoms with E-state index < -0.39 is 11.6 Å². The van der Waals surface area contributed by atoms with Gasteiger partial charge in [0.15, 0.2) is 11.5 Å². The first-order valence-electron chi connectivity index (χ1n) is 15.7. The quantitative estimate of drug-likeness (QED) is 0.121. The second-order valence-corrected chi connectivity index (χ2v) is 11.7. The molecule has 0 aliphatic carbocycles. The monoisotopic (exact) mass is 646 g/mol. The molecular formula is C33H42N8O6. The molecule has 0 bridgehead atoms. The highest BCUT2D eigenvalue weighted by molar-refractivity contribution is 5.77. The number of allylic oxidation sites excluding steroid dienone is 1. The summed E-state index contributed by atoms with van der Waals surface area (Å²) in [5, 5.41) is 22.8. The number of nitrogens with one attached hydrogen (secondary N) is 1. The number of aliphatic carboxylic acids is 1. The molecule has 14 heteroatoms. The van der Waals surface area contributed by atoms with Gasteiger partial charge < -0.3 is 29.9 Å². The predicted molar refractivity (Wildman–Crippen MR) is 179 cm³/mol. The van der Waals surface area contributed by atoms with Gasteiger partial charge in [-0.25, -0.2) is 19.3 Å². The Balaban J connectivity index is 1.20. The van der Waals surface area contributed by atoms with Crippen LogP contribution in [0.3, 0.4) is 0 Å². The standard InChI is InChI=1S/C33H42N8O6/c1-4-13-40-31(44)26-23-34-32(37-30(26)41(40)28-7-5-6-27(36-28)33(2,3)45)35-24-8-10-25(11-9-24)39-16-14-38(15-17-39)18-20-47-22-21-46-19-12-29(42)43/h4-11,23,45H,1,12-22H2,2-3H3,(H,42,43)(H,34,35,37). The molecule has 0 amide bonds. The highest BCUT2D eigenvalue weighted by Gasteiger charge is 2.22. The zero-order valence-corrected chi connectivity index (χ0v) is 26.8. The lowest BCUT2D eigenvalue weighted by molar-refractivity contribution is -0.138. The summed E-state index contributed by atoms with van der Waals surface area (Å²) in [7, 11) is 0. The number of hydrogen-bond acceptors (Lipinski definition) is 11. The molecule has 1 saturated heterocycles. The number of fused-ring (bicyclic) bond motifs is 1. The molecule has 3 N–H and O–H groups in total. The smallest absolute Gasteiger partial charge is 0.305 e. The molecule has 4 heterocycles. The van der Waals surface area contributed by atoms with Crippen LogP contribution in [0, 0.1) is 0 Å². The average Bonchev–Trinajstić information content (AvgIpc) is 3.33. The second kappa shape index (κ2) is 15.3. The number of carboxylic acid groups (broad SMARTS) is 1. The Morgan fingerprint density at radius 3 is 2.43 bits per heavy atom. The number of hydrogen-bond donors (Lipinski definition) is 3. The lowest BCUT2D eigenvalue weighted by Crippen LogP contribution is -2.47. The molecule has 0 saturated carbocycles. The summed E-state index contributed by atoms with van der Waals surface area (Å²) >= 11 is 0. The highest BCUT2D eigenvalue weighted by Crippen LogP contribution is 2.24. The van der Waals surface area contributed by atoms with Crippen LogP contribution in [0.1, 0.15) is 26.0 Å². The van der Waals surface area contributed by atoms with E-state index in [-0.39, 0.29) is 25.1 Å². The van der Waals surface area contributed by atoms with Crippen LogP contribution in [0.5, 0.6) is 0 Å². The molecule has 1 aliphatic rings. The lowest BCUT2D eigenvalue weighted by atomic mass is 10.1. The molecule has 1 aliphatic heterocycles. The molecule has 0 spiro atoms. The number of aromatic nitrogens is 5. The molecule has 3 aromatic heterocycles. The summed E-state index contributed by atoms with van der Waals surface area (Å²) in [4.78, 5) is 42.2. The maximum Gasteiger partial charge on any atom is 0.305 e. The molecule has 5 rings (SSSR count). The molecular weight excluding hydrogens is 604 g/mol. The number of piperazine rings is 1. The third kappa shape index (κ3) is 8.60. The van der Waals surface area contributed by atoms with E-state index in [1.54, 1.807) is 42.8 Å². The maximum atomic E-state index is 13.3. The van der Waals surface area contributed by atoms with Gasteiger partial charge in [0, 0.05) is 50.3 Å². The van der Waals surface area contributed by atoms with E-state index in [0.29, 0.717) is 48.3 Å². The molecule has 1 aromatic carbocycles.